The third-order valence-electron chi connectivity index (χ3n) is 3.20. The molecule has 3 rings (SSSR count). The van der Waals surface area contributed by atoms with Gasteiger partial charge in [-0.05, 0) is 26.0 Å². The summed E-state index contributed by atoms with van der Waals surface area (Å²) in [4.78, 5) is 0. The van der Waals surface area contributed by atoms with Gasteiger partial charge in [-0.15, -0.1) is 5.10 Å². The lowest BCUT2D eigenvalue weighted by molar-refractivity contribution is 0.533. The minimum Gasteiger partial charge on any atom is -0.320 e. The molecule has 21 heavy (non-hydrogen) atoms. The van der Waals surface area contributed by atoms with E-state index in [1.807, 2.05) is 67.5 Å². The zero-order valence-corrected chi connectivity index (χ0v) is 12.1. The molecule has 0 bridgehead atoms. The van der Waals surface area contributed by atoms with Crippen molar-refractivity contribution >= 4 is 0 Å². The van der Waals surface area contributed by atoms with Gasteiger partial charge in [-0.2, -0.15) is 5.10 Å². The summed E-state index contributed by atoms with van der Waals surface area (Å²) in [5.74, 6) is 0. The molecule has 0 saturated heterocycles. The van der Waals surface area contributed by atoms with E-state index in [1.54, 1.807) is 4.68 Å². The summed E-state index contributed by atoms with van der Waals surface area (Å²) in [6, 6.07) is 10.00. The van der Waals surface area contributed by atoms with Crippen LogP contribution in [0.1, 0.15) is 25.1 Å². The van der Waals surface area contributed by atoms with Crippen molar-refractivity contribution in [1.29, 1.82) is 0 Å². The van der Waals surface area contributed by atoms with E-state index in [2.05, 4.69) is 15.4 Å². The molecule has 0 radical (unpaired) electrons. The highest BCUT2D eigenvalue weighted by atomic mass is 15.4. The first kappa shape index (κ1) is 13.5. The molecule has 0 fully saturated rings. The molecule has 6 heteroatoms. The quantitative estimate of drug-likeness (QED) is 0.790. The maximum absolute atomic E-state index is 6.01. The summed E-state index contributed by atoms with van der Waals surface area (Å²) >= 11 is 0. The van der Waals surface area contributed by atoms with E-state index in [-0.39, 0.29) is 0 Å². The highest BCUT2D eigenvalue weighted by Gasteiger charge is 2.18. The Bertz CT molecular complexity index is 720. The first-order valence-electron chi connectivity index (χ1n) is 6.81. The summed E-state index contributed by atoms with van der Waals surface area (Å²) in [7, 11) is 0. The minimum atomic E-state index is -0.480. The second kappa shape index (κ2) is 5.14. The van der Waals surface area contributed by atoms with Crippen LogP contribution in [0.4, 0.5) is 0 Å². The van der Waals surface area contributed by atoms with Gasteiger partial charge < -0.3 is 5.73 Å². The number of rotatable bonds is 4. The van der Waals surface area contributed by atoms with Crippen LogP contribution in [0.3, 0.4) is 0 Å². The monoisotopic (exact) mass is 282 g/mol. The van der Waals surface area contributed by atoms with Crippen LogP contribution in [0.2, 0.25) is 0 Å². The lowest BCUT2D eigenvalue weighted by Crippen LogP contribution is -2.29. The van der Waals surface area contributed by atoms with Gasteiger partial charge in [-0.3, -0.25) is 0 Å². The molecule has 6 nitrogen and oxygen atoms in total. The first-order valence-corrected chi connectivity index (χ1v) is 6.81. The molecule has 0 aliphatic carbocycles. The molecule has 3 aromatic rings. The number of benzene rings is 1. The Morgan fingerprint density at radius 2 is 1.90 bits per heavy atom. The van der Waals surface area contributed by atoms with Gasteiger partial charge in [0.25, 0.3) is 0 Å². The summed E-state index contributed by atoms with van der Waals surface area (Å²) in [6.07, 6.45) is 5.70. The van der Waals surface area contributed by atoms with Crippen molar-refractivity contribution in [3.63, 3.8) is 0 Å². The van der Waals surface area contributed by atoms with E-state index < -0.39 is 5.54 Å². The molecular formula is C15H18N6. The van der Waals surface area contributed by atoms with Crippen LogP contribution >= 0.6 is 0 Å². The molecule has 0 atom stereocenters. The highest BCUT2D eigenvalue weighted by Crippen LogP contribution is 2.13. The smallest absolute Gasteiger partial charge is 0.102 e. The number of hydrogen-bond acceptors (Lipinski definition) is 4. The summed E-state index contributed by atoms with van der Waals surface area (Å²) in [6.45, 7) is 4.44. The summed E-state index contributed by atoms with van der Waals surface area (Å²) in [5.41, 5.74) is 8.40. The lowest BCUT2D eigenvalue weighted by Gasteiger charge is -2.13. The zero-order chi connectivity index (χ0) is 14.9. The average molecular weight is 282 g/mol. The van der Waals surface area contributed by atoms with E-state index in [0.29, 0.717) is 6.54 Å². The van der Waals surface area contributed by atoms with Gasteiger partial charge in [0.2, 0.25) is 0 Å². The molecule has 0 aliphatic heterocycles. The fourth-order valence-corrected chi connectivity index (χ4v) is 2.02. The third kappa shape index (κ3) is 3.00. The van der Waals surface area contributed by atoms with Gasteiger partial charge in [0.15, 0.2) is 0 Å². The minimum absolute atomic E-state index is 0.480. The maximum Gasteiger partial charge on any atom is 0.102 e. The van der Waals surface area contributed by atoms with Gasteiger partial charge in [0.05, 0.1) is 30.2 Å². The van der Waals surface area contributed by atoms with Crippen molar-refractivity contribution in [2.24, 2.45) is 5.73 Å². The Morgan fingerprint density at radius 3 is 2.57 bits per heavy atom. The molecule has 2 N–H and O–H groups in total. The van der Waals surface area contributed by atoms with Gasteiger partial charge in [-0.1, -0.05) is 23.4 Å². The predicted molar refractivity (Wildman–Crippen MR) is 79.9 cm³/mol. The Labute approximate surface area is 123 Å². The molecule has 0 unspecified atom stereocenters. The number of nitrogens with two attached hydrogens (primary N) is 1. The van der Waals surface area contributed by atoms with Crippen LogP contribution in [0.25, 0.3) is 5.69 Å². The van der Waals surface area contributed by atoms with Gasteiger partial charge in [0, 0.05) is 11.8 Å². The second-order valence-corrected chi connectivity index (χ2v) is 5.65. The fourth-order valence-electron chi connectivity index (χ4n) is 2.02. The van der Waals surface area contributed by atoms with E-state index in [1.165, 1.54) is 0 Å². The molecule has 0 spiro atoms. The normalized spacial score (nSPS) is 11.8. The maximum atomic E-state index is 6.01. The summed E-state index contributed by atoms with van der Waals surface area (Å²) < 4.78 is 3.62. The van der Waals surface area contributed by atoms with E-state index >= 15 is 0 Å². The van der Waals surface area contributed by atoms with Crippen molar-refractivity contribution in [1.82, 2.24) is 24.8 Å². The van der Waals surface area contributed by atoms with Crippen LogP contribution in [-0.4, -0.2) is 24.8 Å². The van der Waals surface area contributed by atoms with Gasteiger partial charge >= 0.3 is 0 Å². The molecule has 0 amide bonds. The second-order valence-electron chi connectivity index (χ2n) is 5.65. The lowest BCUT2D eigenvalue weighted by atomic mass is 10.0. The van der Waals surface area contributed by atoms with Crippen molar-refractivity contribution in [2.45, 2.75) is 25.9 Å². The fraction of sp³-hybridized carbons (Fsp3) is 0.267. The number of para-hydroxylation sites is 1. The van der Waals surface area contributed by atoms with E-state index in [9.17, 15) is 0 Å². The Morgan fingerprint density at radius 1 is 1.14 bits per heavy atom. The first-order chi connectivity index (χ1) is 10.0. The van der Waals surface area contributed by atoms with Crippen LogP contribution < -0.4 is 5.73 Å². The summed E-state index contributed by atoms with van der Waals surface area (Å²) in [5, 5.41) is 12.6. The molecule has 1 aromatic carbocycles. The Kier molecular flexibility index (Phi) is 3.31. The Balaban J connectivity index is 1.77. The number of hydrogen-bond donors (Lipinski definition) is 1. The standard InChI is InChI=1S/C15H18N6/c1-15(2,16)14-11-20(19-18-14)9-12-8-17-21(10-12)13-6-4-3-5-7-13/h3-8,10-11H,9,16H2,1-2H3. The molecule has 2 aromatic heterocycles. The SMILES string of the molecule is CC(C)(N)c1cn(Cc2cnn(-c3ccccc3)c2)nn1. The van der Waals surface area contributed by atoms with Crippen LogP contribution in [0, 0.1) is 0 Å². The van der Waals surface area contributed by atoms with E-state index in [4.69, 9.17) is 5.73 Å². The van der Waals surface area contributed by atoms with Crippen molar-refractivity contribution in [3.05, 3.63) is 60.2 Å². The van der Waals surface area contributed by atoms with Crippen molar-refractivity contribution < 1.29 is 0 Å². The number of aromatic nitrogens is 5. The largest absolute Gasteiger partial charge is 0.320 e. The van der Waals surface area contributed by atoms with Crippen molar-refractivity contribution in [2.75, 3.05) is 0 Å². The molecule has 0 aliphatic rings. The van der Waals surface area contributed by atoms with Gasteiger partial charge in [-0.25, -0.2) is 9.36 Å². The van der Waals surface area contributed by atoms with E-state index in [0.717, 1.165) is 16.9 Å². The molecule has 2 heterocycles. The zero-order valence-electron chi connectivity index (χ0n) is 12.1. The van der Waals surface area contributed by atoms with Crippen LogP contribution in [-0.2, 0) is 12.1 Å². The Hall–Kier alpha value is -2.47. The van der Waals surface area contributed by atoms with Crippen LogP contribution in [0.5, 0.6) is 0 Å². The third-order valence-corrected chi connectivity index (χ3v) is 3.20. The van der Waals surface area contributed by atoms with Crippen LogP contribution in [0.15, 0.2) is 48.9 Å². The van der Waals surface area contributed by atoms with Crippen molar-refractivity contribution in [3.8, 4) is 5.69 Å². The number of nitrogens with zero attached hydrogens (tertiary/aromatic N) is 5. The topological polar surface area (TPSA) is 74.6 Å². The molecular weight excluding hydrogens is 264 g/mol. The average Bonchev–Trinajstić information content (AvgIpc) is 3.09. The molecule has 108 valence electrons. The van der Waals surface area contributed by atoms with Gasteiger partial charge in [0.1, 0.15) is 5.69 Å². The predicted octanol–water partition coefficient (Wildman–Crippen LogP) is 1.71. The molecule has 0 saturated carbocycles. The highest BCUT2D eigenvalue weighted by molar-refractivity contribution is 5.30.